The Labute approximate surface area is 140 Å². The fourth-order valence-electron chi connectivity index (χ4n) is 2.57. The van der Waals surface area contributed by atoms with Crippen LogP contribution >= 0.6 is 0 Å². The summed E-state index contributed by atoms with van der Waals surface area (Å²) in [6, 6.07) is 1.76. The number of hydrogen-bond acceptors (Lipinski definition) is 7. The molecule has 2 aromatic heterocycles. The Morgan fingerprint density at radius 2 is 2.38 bits per heavy atom. The molecule has 0 saturated carbocycles. The van der Waals surface area contributed by atoms with Gasteiger partial charge in [0.15, 0.2) is 0 Å². The van der Waals surface area contributed by atoms with Crippen molar-refractivity contribution in [3.05, 3.63) is 24.4 Å². The van der Waals surface area contributed by atoms with Crippen LogP contribution in [0.4, 0.5) is 5.88 Å². The molecule has 0 aromatic carbocycles. The Morgan fingerprint density at radius 3 is 3.08 bits per heavy atom. The summed E-state index contributed by atoms with van der Waals surface area (Å²) >= 11 is 0. The van der Waals surface area contributed by atoms with E-state index in [-0.39, 0.29) is 24.5 Å². The van der Waals surface area contributed by atoms with Crippen LogP contribution in [0.2, 0.25) is 0 Å². The first-order chi connectivity index (χ1) is 11.6. The van der Waals surface area contributed by atoms with Crippen molar-refractivity contribution in [2.75, 3.05) is 31.6 Å². The van der Waals surface area contributed by atoms with E-state index in [0.29, 0.717) is 25.6 Å². The van der Waals surface area contributed by atoms with Gasteiger partial charge < -0.3 is 9.26 Å². The third-order valence-corrected chi connectivity index (χ3v) is 3.83. The molecule has 2 aromatic rings. The van der Waals surface area contributed by atoms with E-state index >= 15 is 0 Å². The first-order valence-electron chi connectivity index (χ1n) is 8.03. The Bertz CT molecular complexity index is 654. The molecule has 0 spiro atoms. The average molecular weight is 334 g/mol. The molecule has 1 fully saturated rings. The van der Waals surface area contributed by atoms with Crippen molar-refractivity contribution in [1.82, 2.24) is 24.8 Å². The molecule has 1 N–H and O–H groups in total. The molecule has 9 heteroatoms. The van der Waals surface area contributed by atoms with Gasteiger partial charge in [-0.3, -0.25) is 19.7 Å². The number of anilines is 1. The molecule has 1 aliphatic rings. The minimum absolute atomic E-state index is 0.00827. The standard InChI is InChI=1S/C15H22N6O3/c1-11(2)13-5-15(24-19-13)18-14(22)8-20-3-4-23-12(6-20)7-21-10-16-9-17-21/h5,9-12H,3-4,6-8H2,1-2H3,(H,18,22). The van der Waals surface area contributed by atoms with Gasteiger partial charge in [-0.2, -0.15) is 5.10 Å². The lowest BCUT2D eigenvalue weighted by atomic mass is 10.1. The predicted molar refractivity (Wildman–Crippen MR) is 85.4 cm³/mol. The van der Waals surface area contributed by atoms with Gasteiger partial charge in [-0.15, -0.1) is 0 Å². The summed E-state index contributed by atoms with van der Waals surface area (Å²) in [6.07, 6.45) is 3.15. The number of hydrogen-bond donors (Lipinski definition) is 1. The van der Waals surface area contributed by atoms with Crippen LogP contribution in [-0.4, -0.2) is 63.1 Å². The predicted octanol–water partition coefficient (Wildman–Crippen LogP) is 0.729. The lowest BCUT2D eigenvalue weighted by Crippen LogP contribution is -2.47. The average Bonchev–Trinajstić information content (AvgIpc) is 3.19. The molecular formula is C15H22N6O3. The number of morpholine rings is 1. The Hall–Kier alpha value is -2.26. The van der Waals surface area contributed by atoms with Crippen molar-refractivity contribution in [1.29, 1.82) is 0 Å². The van der Waals surface area contributed by atoms with Gasteiger partial charge in [-0.05, 0) is 5.92 Å². The van der Waals surface area contributed by atoms with Crippen molar-refractivity contribution >= 4 is 11.8 Å². The van der Waals surface area contributed by atoms with E-state index in [1.807, 2.05) is 13.8 Å². The molecule has 1 amide bonds. The van der Waals surface area contributed by atoms with E-state index in [1.165, 1.54) is 6.33 Å². The number of aromatic nitrogens is 4. The van der Waals surface area contributed by atoms with Gasteiger partial charge in [-0.1, -0.05) is 19.0 Å². The second-order valence-electron chi connectivity index (χ2n) is 6.16. The molecule has 3 heterocycles. The van der Waals surface area contributed by atoms with Gasteiger partial charge in [0, 0.05) is 19.2 Å². The number of nitrogens with zero attached hydrogens (tertiary/aromatic N) is 5. The van der Waals surface area contributed by atoms with Crippen LogP contribution in [-0.2, 0) is 16.1 Å². The highest BCUT2D eigenvalue weighted by Crippen LogP contribution is 2.17. The third-order valence-electron chi connectivity index (χ3n) is 3.83. The highest BCUT2D eigenvalue weighted by molar-refractivity contribution is 5.90. The zero-order valence-electron chi connectivity index (χ0n) is 13.9. The van der Waals surface area contributed by atoms with Crippen LogP contribution in [0.1, 0.15) is 25.5 Å². The highest BCUT2D eigenvalue weighted by Gasteiger charge is 2.23. The fraction of sp³-hybridized carbons (Fsp3) is 0.600. The zero-order valence-corrected chi connectivity index (χ0v) is 13.9. The maximum absolute atomic E-state index is 12.2. The second kappa shape index (κ2) is 7.54. The van der Waals surface area contributed by atoms with Crippen molar-refractivity contribution in [3.63, 3.8) is 0 Å². The van der Waals surface area contributed by atoms with Crippen LogP contribution in [0, 0.1) is 0 Å². The SMILES string of the molecule is CC(C)c1cc(NC(=O)CN2CCOC(Cn3cncn3)C2)on1. The van der Waals surface area contributed by atoms with E-state index in [1.54, 1.807) is 17.1 Å². The van der Waals surface area contributed by atoms with E-state index < -0.39 is 0 Å². The smallest absolute Gasteiger partial charge is 0.240 e. The second-order valence-corrected chi connectivity index (χ2v) is 6.16. The number of carbonyl (C=O) groups excluding carboxylic acids is 1. The van der Waals surface area contributed by atoms with E-state index in [2.05, 4.69) is 25.5 Å². The van der Waals surface area contributed by atoms with Gasteiger partial charge in [0.25, 0.3) is 0 Å². The largest absolute Gasteiger partial charge is 0.374 e. The summed E-state index contributed by atoms with van der Waals surface area (Å²) in [6.45, 7) is 6.92. The van der Waals surface area contributed by atoms with Crippen molar-refractivity contribution in [2.24, 2.45) is 0 Å². The molecule has 9 nitrogen and oxygen atoms in total. The van der Waals surface area contributed by atoms with E-state index in [0.717, 1.165) is 12.2 Å². The Balaban J connectivity index is 1.48. The molecule has 1 saturated heterocycles. The molecule has 1 unspecified atom stereocenters. The summed E-state index contributed by atoms with van der Waals surface area (Å²) in [5.41, 5.74) is 0.824. The van der Waals surface area contributed by atoms with Crippen LogP contribution in [0.5, 0.6) is 0 Å². The third kappa shape index (κ3) is 4.39. The topological polar surface area (TPSA) is 98.3 Å². The van der Waals surface area contributed by atoms with Gasteiger partial charge in [0.05, 0.1) is 31.5 Å². The molecule has 0 radical (unpaired) electrons. The van der Waals surface area contributed by atoms with Crippen LogP contribution in [0.15, 0.2) is 23.2 Å². The van der Waals surface area contributed by atoms with Crippen molar-refractivity contribution < 1.29 is 14.1 Å². The normalized spacial score (nSPS) is 18.9. The number of rotatable bonds is 6. The van der Waals surface area contributed by atoms with Crippen molar-refractivity contribution in [2.45, 2.75) is 32.4 Å². The number of nitrogens with one attached hydrogen (secondary N) is 1. The van der Waals surface area contributed by atoms with Gasteiger partial charge in [0.1, 0.15) is 12.7 Å². The van der Waals surface area contributed by atoms with E-state index in [4.69, 9.17) is 9.26 Å². The maximum atomic E-state index is 12.2. The molecule has 0 aliphatic carbocycles. The molecule has 1 aliphatic heterocycles. The summed E-state index contributed by atoms with van der Waals surface area (Å²) in [5, 5.41) is 10.8. The minimum Gasteiger partial charge on any atom is -0.374 e. The summed E-state index contributed by atoms with van der Waals surface area (Å²) in [7, 11) is 0. The zero-order chi connectivity index (χ0) is 16.9. The van der Waals surface area contributed by atoms with Gasteiger partial charge in [-0.25, -0.2) is 4.98 Å². The van der Waals surface area contributed by atoms with Gasteiger partial charge >= 0.3 is 0 Å². The molecule has 130 valence electrons. The summed E-state index contributed by atoms with van der Waals surface area (Å²) in [5.74, 6) is 0.523. The molecule has 3 rings (SSSR count). The van der Waals surface area contributed by atoms with Crippen LogP contribution in [0.3, 0.4) is 0 Å². The highest BCUT2D eigenvalue weighted by atomic mass is 16.5. The van der Waals surface area contributed by atoms with Crippen LogP contribution < -0.4 is 5.32 Å². The molecular weight excluding hydrogens is 312 g/mol. The maximum Gasteiger partial charge on any atom is 0.240 e. The Kier molecular flexibility index (Phi) is 5.21. The van der Waals surface area contributed by atoms with Crippen LogP contribution in [0.25, 0.3) is 0 Å². The first-order valence-corrected chi connectivity index (χ1v) is 8.03. The molecule has 24 heavy (non-hydrogen) atoms. The first kappa shape index (κ1) is 16.6. The monoisotopic (exact) mass is 334 g/mol. The van der Waals surface area contributed by atoms with E-state index in [9.17, 15) is 4.79 Å². The quantitative estimate of drug-likeness (QED) is 0.831. The molecule has 0 bridgehead atoms. The number of ether oxygens (including phenoxy) is 1. The lowest BCUT2D eigenvalue weighted by Gasteiger charge is -2.32. The van der Waals surface area contributed by atoms with Crippen molar-refractivity contribution in [3.8, 4) is 0 Å². The fourth-order valence-corrected chi connectivity index (χ4v) is 2.57. The molecule has 1 atom stereocenters. The summed E-state index contributed by atoms with van der Waals surface area (Å²) in [4.78, 5) is 18.1. The summed E-state index contributed by atoms with van der Waals surface area (Å²) < 4.78 is 12.6. The van der Waals surface area contributed by atoms with Gasteiger partial charge in [0.2, 0.25) is 11.8 Å². The lowest BCUT2D eigenvalue weighted by molar-refractivity contribution is -0.119. The Morgan fingerprint density at radius 1 is 1.50 bits per heavy atom. The number of carbonyl (C=O) groups is 1. The number of amides is 1. The minimum atomic E-state index is -0.122.